The van der Waals surface area contributed by atoms with Gasteiger partial charge in [-0.05, 0) is 43.4 Å². The maximum atomic E-state index is 12.0. The normalized spacial score (nSPS) is 62.1. The van der Waals surface area contributed by atoms with Crippen molar-refractivity contribution in [1.82, 2.24) is 0 Å². The lowest BCUT2D eigenvalue weighted by atomic mass is 9.38. The molecule has 76 valence electrons. The maximum absolute atomic E-state index is 12.0. The Morgan fingerprint density at radius 1 is 1.50 bits per heavy atom. The number of fused-ring (bicyclic) bond motifs is 1. The first-order valence-electron chi connectivity index (χ1n) is 5.94. The quantitative estimate of drug-likeness (QED) is 0.664. The molecule has 0 aliphatic heterocycles. The Morgan fingerprint density at radius 2 is 2.36 bits per heavy atom. The number of ketones is 1. The van der Waals surface area contributed by atoms with Crippen molar-refractivity contribution in [2.24, 2.45) is 29.1 Å². The molecule has 4 aliphatic carbocycles. The molecule has 0 radical (unpaired) electrons. The first-order valence-corrected chi connectivity index (χ1v) is 5.94. The molecule has 0 aromatic heterocycles. The first-order chi connectivity index (χ1) is 6.79. The molecule has 0 aromatic carbocycles. The van der Waals surface area contributed by atoms with E-state index in [2.05, 4.69) is 0 Å². The van der Waals surface area contributed by atoms with Crippen molar-refractivity contribution >= 4 is 5.78 Å². The number of carbonyl (C=O) groups excluding carboxylic acids is 1. The van der Waals surface area contributed by atoms with Gasteiger partial charge in [0, 0.05) is 18.4 Å². The Bertz CT molecular complexity index is 324. The number of rotatable bonds is 2. The van der Waals surface area contributed by atoms with Gasteiger partial charge in [0.15, 0.2) is 0 Å². The van der Waals surface area contributed by atoms with E-state index >= 15 is 0 Å². The standard InChI is InChI=1S/C12H16O2/c1-2-14-11-7-5-12-6(4-9(11)12)3-8(12)10(7)13/h6-9,11H,2-5H2,1H3. The van der Waals surface area contributed by atoms with Gasteiger partial charge in [-0.25, -0.2) is 0 Å². The van der Waals surface area contributed by atoms with Crippen LogP contribution in [0.1, 0.15) is 26.2 Å². The lowest BCUT2D eigenvalue weighted by Crippen LogP contribution is -2.65. The molecule has 14 heavy (non-hydrogen) atoms. The van der Waals surface area contributed by atoms with Crippen LogP contribution in [-0.2, 0) is 9.53 Å². The zero-order valence-corrected chi connectivity index (χ0v) is 8.53. The Balaban J connectivity index is 1.73. The van der Waals surface area contributed by atoms with Crippen LogP contribution in [0.3, 0.4) is 0 Å². The summed E-state index contributed by atoms with van der Waals surface area (Å²) < 4.78 is 5.78. The minimum absolute atomic E-state index is 0.289. The minimum Gasteiger partial charge on any atom is -0.377 e. The van der Waals surface area contributed by atoms with Crippen LogP contribution >= 0.6 is 0 Å². The first kappa shape index (κ1) is 7.86. The van der Waals surface area contributed by atoms with Crippen LogP contribution in [0.15, 0.2) is 0 Å². The van der Waals surface area contributed by atoms with E-state index in [0.29, 0.717) is 23.2 Å². The van der Waals surface area contributed by atoms with Gasteiger partial charge in [0.2, 0.25) is 0 Å². The van der Waals surface area contributed by atoms with E-state index in [4.69, 9.17) is 4.74 Å². The SMILES string of the molecule is CCOC1C2CC34C(CC3C2=O)CC14. The predicted molar refractivity (Wildman–Crippen MR) is 50.7 cm³/mol. The van der Waals surface area contributed by atoms with Gasteiger partial charge in [-0.2, -0.15) is 0 Å². The highest BCUT2D eigenvalue weighted by molar-refractivity contribution is 5.91. The van der Waals surface area contributed by atoms with E-state index in [1.54, 1.807) is 0 Å². The van der Waals surface area contributed by atoms with Gasteiger partial charge in [-0.1, -0.05) is 0 Å². The number of ether oxygens (including phenoxy) is 1. The molecule has 4 aliphatic rings. The lowest BCUT2D eigenvalue weighted by Gasteiger charge is -2.66. The summed E-state index contributed by atoms with van der Waals surface area (Å²) in [7, 11) is 0. The fraction of sp³-hybridized carbons (Fsp3) is 0.917. The molecule has 6 unspecified atom stereocenters. The fourth-order valence-corrected chi connectivity index (χ4v) is 5.09. The summed E-state index contributed by atoms with van der Waals surface area (Å²) in [6.45, 7) is 2.82. The molecule has 0 N–H and O–H groups in total. The number of hydrogen-bond acceptors (Lipinski definition) is 2. The third kappa shape index (κ3) is 0.534. The number of Topliss-reactive ketones (excluding diaryl/α,β-unsaturated/α-hetero) is 1. The Labute approximate surface area is 84.0 Å². The van der Waals surface area contributed by atoms with Crippen molar-refractivity contribution in [3.05, 3.63) is 0 Å². The van der Waals surface area contributed by atoms with Crippen LogP contribution in [0.2, 0.25) is 0 Å². The van der Waals surface area contributed by atoms with Crippen LogP contribution < -0.4 is 0 Å². The van der Waals surface area contributed by atoms with Gasteiger partial charge >= 0.3 is 0 Å². The summed E-state index contributed by atoms with van der Waals surface area (Å²) in [6, 6.07) is 0. The van der Waals surface area contributed by atoms with Crippen molar-refractivity contribution in [2.75, 3.05) is 6.61 Å². The Morgan fingerprint density at radius 3 is 3.00 bits per heavy atom. The Hall–Kier alpha value is -0.370. The topological polar surface area (TPSA) is 26.3 Å². The van der Waals surface area contributed by atoms with Gasteiger partial charge in [0.1, 0.15) is 5.78 Å². The van der Waals surface area contributed by atoms with Crippen molar-refractivity contribution in [1.29, 1.82) is 0 Å². The third-order valence-corrected chi connectivity index (χ3v) is 5.59. The highest BCUT2D eigenvalue weighted by atomic mass is 16.5. The largest absolute Gasteiger partial charge is 0.377 e. The smallest absolute Gasteiger partial charge is 0.142 e. The van der Waals surface area contributed by atoms with Crippen LogP contribution in [-0.4, -0.2) is 18.5 Å². The fourth-order valence-electron chi connectivity index (χ4n) is 5.09. The van der Waals surface area contributed by atoms with Crippen molar-refractivity contribution < 1.29 is 9.53 Å². The maximum Gasteiger partial charge on any atom is 0.142 e. The molecule has 0 heterocycles. The van der Waals surface area contributed by atoms with E-state index in [-0.39, 0.29) is 5.92 Å². The molecule has 0 amide bonds. The predicted octanol–water partition coefficient (Wildman–Crippen LogP) is 1.64. The number of hydrogen-bond donors (Lipinski definition) is 0. The van der Waals surface area contributed by atoms with E-state index in [9.17, 15) is 4.79 Å². The highest BCUT2D eigenvalue weighted by Crippen LogP contribution is 2.80. The second-order valence-electron chi connectivity index (χ2n) is 5.57. The third-order valence-electron chi connectivity index (χ3n) is 5.59. The minimum atomic E-state index is 0.289. The molecule has 2 nitrogen and oxygen atoms in total. The van der Waals surface area contributed by atoms with E-state index < -0.39 is 0 Å². The second kappa shape index (κ2) is 2.08. The summed E-state index contributed by atoms with van der Waals surface area (Å²) in [5.41, 5.74) is 0.474. The molecule has 0 aromatic rings. The van der Waals surface area contributed by atoms with Crippen molar-refractivity contribution in [3.8, 4) is 0 Å². The van der Waals surface area contributed by atoms with Gasteiger partial charge in [0.25, 0.3) is 0 Å². The molecule has 4 rings (SSSR count). The zero-order chi connectivity index (χ0) is 9.50. The van der Waals surface area contributed by atoms with Crippen LogP contribution in [0, 0.1) is 29.1 Å². The second-order valence-corrected chi connectivity index (χ2v) is 5.57. The van der Waals surface area contributed by atoms with Crippen molar-refractivity contribution in [3.63, 3.8) is 0 Å². The average Bonchev–Trinajstić information content (AvgIpc) is 2.59. The molecule has 6 atom stereocenters. The van der Waals surface area contributed by atoms with Gasteiger partial charge < -0.3 is 4.74 Å². The summed E-state index contributed by atoms with van der Waals surface area (Å²) >= 11 is 0. The monoisotopic (exact) mass is 192 g/mol. The molecule has 2 heteroatoms. The summed E-state index contributed by atoms with van der Waals surface area (Å²) in [5, 5.41) is 0. The van der Waals surface area contributed by atoms with E-state index in [0.717, 1.165) is 18.4 Å². The average molecular weight is 192 g/mol. The molecular formula is C12H16O2. The molecule has 1 spiro atoms. The summed E-state index contributed by atoms with van der Waals surface area (Å²) in [5.74, 6) is 2.96. The van der Waals surface area contributed by atoms with Crippen LogP contribution in [0.4, 0.5) is 0 Å². The van der Waals surface area contributed by atoms with Crippen LogP contribution in [0.25, 0.3) is 0 Å². The van der Waals surface area contributed by atoms with Gasteiger partial charge in [-0.15, -0.1) is 0 Å². The number of carbonyl (C=O) groups is 1. The van der Waals surface area contributed by atoms with E-state index in [1.165, 1.54) is 19.3 Å². The summed E-state index contributed by atoms with van der Waals surface area (Å²) in [6.07, 6.45) is 4.05. The van der Waals surface area contributed by atoms with E-state index in [1.807, 2.05) is 6.92 Å². The molecule has 2 bridgehead atoms. The van der Waals surface area contributed by atoms with Gasteiger partial charge in [0.05, 0.1) is 6.10 Å². The molecular weight excluding hydrogens is 176 g/mol. The van der Waals surface area contributed by atoms with Crippen molar-refractivity contribution in [2.45, 2.75) is 32.3 Å². The molecule has 0 saturated heterocycles. The lowest BCUT2D eigenvalue weighted by molar-refractivity contribution is -0.211. The van der Waals surface area contributed by atoms with Gasteiger partial charge in [-0.3, -0.25) is 4.79 Å². The Kier molecular flexibility index (Phi) is 1.17. The van der Waals surface area contributed by atoms with Crippen LogP contribution in [0.5, 0.6) is 0 Å². The molecule has 4 fully saturated rings. The summed E-state index contributed by atoms with van der Waals surface area (Å²) in [4.78, 5) is 12.0. The molecule has 4 saturated carbocycles. The zero-order valence-electron chi connectivity index (χ0n) is 8.53. The highest BCUT2D eigenvalue weighted by Gasteiger charge is 2.80.